The zero-order chi connectivity index (χ0) is 22.2. The van der Waals surface area contributed by atoms with Gasteiger partial charge in [0.15, 0.2) is 11.6 Å². The summed E-state index contributed by atoms with van der Waals surface area (Å²) in [6.45, 7) is 3.06. The van der Waals surface area contributed by atoms with Crippen molar-refractivity contribution in [2.45, 2.75) is 44.2 Å². The number of hydrogen-bond donors (Lipinski definition) is 2. The number of benzene rings is 1. The smallest absolute Gasteiger partial charge is 0.227 e. The molecule has 1 unspecified atom stereocenters. The van der Waals surface area contributed by atoms with Crippen LogP contribution >= 0.6 is 11.3 Å². The van der Waals surface area contributed by atoms with E-state index in [2.05, 4.69) is 80.2 Å². The standard InChI is InChI=1S/C25H29N7S/c1-31(16-19-8-5-12-32(19)15-17-6-3-2-4-7-17)25-26-20-11-13-33-23(20)24(28-25)27-22-14-21(29-30-22)18-9-10-18/h2-4,6-7,11,13-14,18-19H,5,8-10,12,15-16H2,1H3,(H2,26,27,28,29,30). The van der Waals surface area contributed by atoms with Gasteiger partial charge in [-0.25, -0.2) is 4.98 Å². The van der Waals surface area contributed by atoms with Crippen molar-refractivity contribution >= 4 is 39.1 Å². The average Bonchev–Trinajstić information content (AvgIpc) is 3.19. The van der Waals surface area contributed by atoms with Gasteiger partial charge in [0.1, 0.15) is 0 Å². The molecule has 4 heterocycles. The van der Waals surface area contributed by atoms with Crippen molar-refractivity contribution in [3.63, 3.8) is 0 Å². The van der Waals surface area contributed by atoms with Crippen molar-refractivity contribution in [1.29, 1.82) is 0 Å². The lowest BCUT2D eigenvalue weighted by atomic mass is 10.1. The van der Waals surface area contributed by atoms with E-state index in [0.29, 0.717) is 12.0 Å². The summed E-state index contributed by atoms with van der Waals surface area (Å²) in [6, 6.07) is 15.4. The van der Waals surface area contributed by atoms with Crippen LogP contribution in [0, 0.1) is 0 Å². The van der Waals surface area contributed by atoms with Gasteiger partial charge in [0.25, 0.3) is 0 Å². The maximum Gasteiger partial charge on any atom is 0.227 e. The molecule has 0 amide bonds. The van der Waals surface area contributed by atoms with Crippen LogP contribution in [-0.2, 0) is 6.54 Å². The number of likely N-dealkylation sites (tertiary alicyclic amines) is 1. The van der Waals surface area contributed by atoms with Gasteiger partial charge in [-0.1, -0.05) is 30.3 Å². The molecule has 2 aliphatic rings. The molecule has 2 fully saturated rings. The summed E-state index contributed by atoms with van der Waals surface area (Å²) >= 11 is 1.66. The third kappa shape index (κ3) is 4.45. The van der Waals surface area contributed by atoms with E-state index in [0.717, 1.165) is 47.4 Å². The minimum Gasteiger partial charge on any atom is -0.342 e. The maximum atomic E-state index is 4.93. The molecule has 1 aliphatic carbocycles. The highest BCUT2D eigenvalue weighted by Gasteiger charge is 2.27. The van der Waals surface area contributed by atoms with E-state index in [1.165, 1.54) is 36.9 Å². The van der Waals surface area contributed by atoms with Gasteiger partial charge in [-0.2, -0.15) is 10.1 Å². The number of hydrogen-bond acceptors (Lipinski definition) is 7. The fraction of sp³-hybridized carbons (Fsp3) is 0.400. The summed E-state index contributed by atoms with van der Waals surface area (Å²) in [5.41, 5.74) is 3.56. The molecule has 3 aromatic heterocycles. The van der Waals surface area contributed by atoms with Crippen molar-refractivity contribution in [1.82, 2.24) is 25.1 Å². The highest BCUT2D eigenvalue weighted by Crippen LogP contribution is 2.40. The van der Waals surface area contributed by atoms with Crippen molar-refractivity contribution in [2.24, 2.45) is 0 Å². The van der Waals surface area contributed by atoms with Crippen LogP contribution in [0.3, 0.4) is 0 Å². The highest BCUT2D eigenvalue weighted by molar-refractivity contribution is 7.17. The van der Waals surface area contributed by atoms with Gasteiger partial charge in [0, 0.05) is 43.9 Å². The second kappa shape index (κ2) is 8.76. The van der Waals surface area contributed by atoms with Crippen LogP contribution in [0.2, 0.25) is 0 Å². The highest BCUT2D eigenvalue weighted by atomic mass is 32.1. The first-order valence-corrected chi connectivity index (χ1v) is 12.7. The number of rotatable bonds is 8. The second-order valence-electron chi connectivity index (χ2n) is 9.25. The largest absolute Gasteiger partial charge is 0.342 e. The summed E-state index contributed by atoms with van der Waals surface area (Å²) in [4.78, 5) is 14.6. The summed E-state index contributed by atoms with van der Waals surface area (Å²) in [7, 11) is 2.11. The number of nitrogens with zero attached hydrogens (tertiary/aromatic N) is 5. The number of H-pyrrole nitrogens is 1. The van der Waals surface area contributed by atoms with E-state index in [1.807, 2.05) is 0 Å². The third-order valence-electron chi connectivity index (χ3n) is 6.71. The fourth-order valence-corrected chi connectivity index (χ4v) is 5.53. The van der Waals surface area contributed by atoms with Gasteiger partial charge in [-0.05, 0) is 49.2 Å². The molecule has 4 aromatic rings. The Kier molecular flexibility index (Phi) is 5.47. The second-order valence-corrected chi connectivity index (χ2v) is 10.2. The number of thiophene rings is 1. The Balaban J connectivity index is 1.20. The van der Waals surface area contributed by atoms with E-state index in [4.69, 9.17) is 9.97 Å². The SMILES string of the molecule is CN(CC1CCCN1Cc1ccccc1)c1nc(Nc2cc(C3CC3)[nH]n2)c2sccc2n1. The molecule has 6 rings (SSSR count). The predicted octanol–water partition coefficient (Wildman–Crippen LogP) is 5.14. The van der Waals surface area contributed by atoms with Gasteiger partial charge < -0.3 is 10.2 Å². The predicted molar refractivity (Wildman–Crippen MR) is 134 cm³/mol. The van der Waals surface area contributed by atoms with Gasteiger partial charge >= 0.3 is 0 Å². The molecule has 0 bridgehead atoms. The topological polar surface area (TPSA) is 73.0 Å². The number of nitrogens with one attached hydrogen (secondary N) is 2. The van der Waals surface area contributed by atoms with E-state index in [1.54, 1.807) is 11.3 Å². The summed E-state index contributed by atoms with van der Waals surface area (Å²) in [6.07, 6.45) is 4.95. The molecule has 2 N–H and O–H groups in total. The molecular formula is C25H29N7S. The lowest BCUT2D eigenvalue weighted by Gasteiger charge is -2.29. The molecule has 33 heavy (non-hydrogen) atoms. The quantitative estimate of drug-likeness (QED) is 0.380. The molecule has 1 aromatic carbocycles. The van der Waals surface area contributed by atoms with Crippen LogP contribution in [0.25, 0.3) is 10.2 Å². The molecule has 170 valence electrons. The minimum atomic E-state index is 0.501. The van der Waals surface area contributed by atoms with E-state index in [-0.39, 0.29) is 0 Å². The van der Waals surface area contributed by atoms with Crippen molar-refractivity contribution in [3.8, 4) is 0 Å². The maximum absolute atomic E-state index is 4.93. The Hall–Kier alpha value is -2.97. The molecular weight excluding hydrogens is 430 g/mol. The Labute approximate surface area is 197 Å². The van der Waals surface area contributed by atoms with E-state index in [9.17, 15) is 0 Å². The summed E-state index contributed by atoms with van der Waals surface area (Å²) in [5, 5.41) is 13.2. The van der Waals surface area contributed by atoms with Crippen LogP contribution in [0.15, 0.2) is 47.8 Å². The number of aromatic amines is 1. The molecule has 1 saturated heterocycles. The van der Waals surface area contributed by atoms with Crippen LogP contribution in [0.1, 0.15) is 42.9 Å². The molecule has 0 radical (unpaired) electrons. The van der Waals surface area contributed by atoms with E-state index < -0.39 is 0 Å². The molecule has 0 spiro atoms. The number of anilines is 3. The monoisotopic (exact) mass is 459 g/mol. The number of likely N-dealkylation sites (N-methyl/N-ethyl adjacent to an activating group) is 1. The number of aromatic nitrogens is 4. The van der Waals surface area contributed by atoms with Gasteiger partial charge in [0.2, 0.25) is 5.95 Å². The third-order valence-corrected chi connectivity index (χ3v) is 7.62. The number of fused-ring (bicyclic) bond motifs is 1. The normalized spacial score (nSPS) is 18.8. The summed E-state index contributed by atoms with van der Waals surface area (Å²) < 4.78 is 1.06. The summed E-state index contributed by atoms with van der Waals surface area (Å²) in [5.74, 6) is 3.06. The van der Waals surface area contributed by atoms with E-state index >= 15 is 0 Å². The zero-order valence-electron chi connectivity index (χ0n) is 18.9. The van der Waals surface area contributed by atoms with Crippen molar-refractivity contribution in [3.05, 3.63) is 59.1 Å². The Morgan fingerprint density at radius 2 is 2.03 bits per heavy atom. The van der Waals surface area contributed by atoms with Crippen LogP contribution < -0.4 is 10.2 Å². The van der Waals surface area contributed by atoms with Crippen LogP contribution in [0.4, 0.5) is 17.6 Å². The Morgan fingerprint density at radius 1 is 1.15 bits per heavy atom. The minimum absolute atomic E-state index is 0.501. The molecule has 7 nitrogen and oxygen atoms in total. The fourth-order valence-electron chi connectivity index (χ4n) is 4.76. The zero-order valence-corrected chi connectivity index (χ0v) is 19.7. The Bertz CT molecular complexity index is 1230. The molecule has 1 saturated carbocycles. The van der Waals surface area contributed by atoms with Crippen molar-refractivity contribution < 1.29 is 0 Å². The van der Waals surface area contributed by atoms with Gasteiger partial charge in [-0.3, -0.25) is 10.00 Å². The van der Waals surface area contributed by atoms with Crippen LogP contribution in [-0.4, -0.2) is 51.2 Å². The average molecular weight is 460 g/mol. The first kappa shape index (κ1) is 20.6. The molecule has 1 atom stereocenters. The Morgan fingerprint density at radius 3 is 2.88 bits per heavy atom. The molecule has 1 aliphatic heterocycles. The van der Waals surface area contributed by atoms with Gasteiger partial charge in [-0.15, -0.1) is 11.3 Å². The lowest BCUT2D eigenvalue weighted by Crippen LogP contribution is -2.39. The van der Waals surface area contributed by atoms with Crippen molar-refractivity contribution in [2.75, 3.05) is 30.4 Å². The lowest BCUT2D eigenvalue weighted by molar-refractivity contribution is 0.248. The molecule has 8 heteroatoms. The first-order chi connectivity index (χ1) is 16.2. The van der Waals surface area contributed by atoms with Gasteiger partial charge in [0.05, 0.1) is 10.2 Å². The first-order valence-electron chi connectivity index (χ1n) is 11.8. The van der Waals surface area contributed by atoms with Crippen LogP contribution in [0.5, 0.6) is 0 Å².